The highest BCUT2D eigenvalue weighted by Gasteiger charge is 2.06. The van der Waals surface area contributed by atoms with Gasteiger partial charge in [0.1, 0.15) is 0 Å². The summed E-state index contributed by atoms with van der Waals surface area (Å²) in [6.45, 7) is 3.07. The number of fused-ring (bicyclic) bond motifs is 1. The second kappa shape index (κ2) is 5.81. The fourth-order valence-corrected chi connectivity index (χ4v) is 3.46. The Morgan fingerprint density at radius 2 is 2.10 bits per heavy atom. The quantitative estimate of drug-likeness (QED) is 0.753. The summed E-state index contributed by atoms with van der Waals surface area (Å²) >= 11 is 1.82. The van der Waals surface area contributed by atoms with E-state index >= 15 is 0 Å². The summed E-state index contributed by atoms with van der Waals surface area (Å²) in [5.74, 6) is 0. The summed E-state index contributed by atoms with van der Waals surface area (Å²) in [5.41, 5.74) is 8.75. The van der Waals surface area contributed by atoms with Crippen LogP contribution in [0.5, 0.6) is 0 Å². The van der Waals surface area contributed by atoms with Gasteiger partial charge in [-0.2, -0.15) is 0 Å². The lowest BCUT2D eigenvalue weighted by molar-refractivity contribution is 0.645. The number of hydrogen-bond donors (Lipinski definition) is 1. The molecule has 0 spiro atoms. The van der Waals surface area contributed by atoms with Gasteiger partial charge < -0.3 is 10.3 Å². The summed E-state index contributed by atoms with van der Waals surface area (Å²) in [6, 6.07) is 11.1. The molecule has 2 N–H and O–H groups in total. The van der Waals surface area contributed by atoms with Gasteiger partial charge in [0.05, 0.1) is 0 Å². The first-order valence-corrected chi connectivity index (χ1v) is 7.99. The highest BCUT2D eigenvalue weighted by Crippen LogP contribution is 2.26. The summed E-state index contributed by atoms with van der Waals surface area (Å²) < 4.78 is 3.62. The molecule has 0 radical (unpaired) electrons. The van der Waals surface area contributed by atoms with E-state index in [4.69, 9.17) is 5.73 Å². The number of hydrogen-bond acceptors (Lipinski definition) is 2. The molecule has 0 aliphatic rings. The standard InChI is InChI=1S/C17H20N2S/c1-2-15(18)9-13-7-8-19(10-13)11-14-12-20-17-6-4-3-5-16(14)17/h3-8,10,12,15H,2,9,11,18H2,1H3. The molecule has 3 aromatic rings. The van der Waals surface area contributed by atoms with E-state index in [2.05, 4.69) is 59.6 Å². The lowest BCUT2D eigenvalue weighted by Gasteiger charge is -2.06. The van der Waals surface area contributed by atoms with E-state index < -0.39 is 0 Å². The molecule has 104 valence electrons. The molecular weight excluding hydrogens is 264 g/mol. The Morgan fingerprint density at radius 1 is 1.25 bits per heavy atom. The van der Waals surface area contributed by atoms with Crippen LogP contribution in [0, 0.1) is 0 Å². The zero-order valence-electron chi connectivity index (χ0n) is 11.8. The van der Waals surface area contributed by atoms with E-state index in [1.54, 1.807) is 0 Å². The molecule has 3 heteroatoms. The fraction of sp³-hybridized carbons (Fsp3) is 0.294. The molecular formula is C17H20N2S. The normalized spacial score (nSPS) is 12.9. The molecule has 20 heavy (non-hydrogen) atoms. The Labute approximate surface area is 123 Å². The molecule has 0 amide bonds. The van der Waals surface area contributed by atoms with E-state index in [0.717, 1.165) is 19.4 Å². The van der Waals surface area contributed by atoms with Gasteiger partial charge in [-0.25, -0.2) is 0 Å². The van der Waals surface area contributed by atoms with E-state index in [1.165, 1.54) is 21.2 Å². The summed E-state index contributed by atoms with van der Waals surface area (Å²) in [4.78, 5) is 0. The Hall–Kier alpha value is -1.58. The Kier molecular flexibility index (Phi) is 3.90. The van der Waals surface area contributed by atoms with Crippen molar-refractivity contribution in [2.75, 3.05) is 0 Å². The van der Waals surface area contributed by atoms with Crippen LogP contribution < -0.4 is 5.73 Å². The van der Waals surface area contributed by atoms with Crippen LogP contribution in [0.3, 0.4) is 0 Å². The Balaban J connectivity index is 1.78. The maximum Gasteiger partial charge on any atom is 0.0484 e. The van der Waals surface area contributed by atoms with Crippen molar-refractivity contribution in [1.82, 2.24) is 4.57 Å². The minimum atomic E-state index is 0.271. The molecule has 1 atom stereocenters. The van der Waals surface area contributed by atoms with Crippen molar-refractivity contribution in [3.8, 4) is 0 Å². The van der Waals surface area contributed by atoms with Crippen molar-refractivity contribution < 1.29 is 0 Å². The van der Waals surface area contributed by atoms with Crippen LogP contribution in [0.25, 0.3) is 10.1 Å². The zero-order chi connectivity index (χ0) is 13.9. The predicted molar refractivity (Wildman–Crippen MR) is 87.3 cm³/mol. The lowest BCUT2D eigenvalue weighted by Crippen LogP contribution is -2.21. The molecule has 2 nitrogen and oxygen atoms in total. The lowest BCUT2D eigenvalue weighted by atomic mass is 10.1. The number of thiophene rings is 1. The van der Waals surface area contributed by atoms with Crippen molar-refractivity contribution in [3.63, 3.8) is 0 Å². The first kappa shape index (κ1) is 13.4. The van der Waals surface area contributed by atoms with Crippen molar-refractivity contribution in [1.29, 1.82) is 0 Å². The third kappa shape index (κ3) is 2.79. The van der Waals surface area contributed by atoms with Gasteiger partial charge in [-0.05, 0) is 46.9 Å². The van der Waals surface area contributed by atoms with E-state index in [9.17, 15) is 0 Å². The minimum absolute atomic E-state index is 0.271. The minimum Gasteiger partial charge on any atom is -0.350 e. The molecule has 0 fully saturated rings. The molecule has 1 aromatic carbocycles. The maximum absolute atomic E-state index is 6.02. The average molecular weight is 284 g/mol. The second-order valence-corrected chi connectivity index (χ2v) is 6.23. The summed E-state index contributed by atoms with van der Waals surface area (Å²) in [5, 5.41) is 3.64. The van der Waals surface area contributed by atoms with Gasteiger partial charge in [0.15, 0.2) is 0 Å². The predicted octanol–water partition coefficient (Wildman–Crippen LogP) is 4.03. The number of aromatic nitrogens is 1. The third-order valence-corrected chi connectivity index (χ3v) is 4.76. The molecule has 2 heterocycles. The van der Waals surface area contributed by atoms with Crippen molar-refractivity contribution in [2.24, 2.45) is 5.73 Å². The van der Waals surface area contributed by atoms with Gasteiger partial charge >= 0.3 is 0 Å². The largest absolute Gasteiger partial charge is 0.350 e. The highest BCUT2D eigenvalue weighted by atomic mass is 32.1. The van der Waals surface area contributed by atoms with Crippen LogP contribution in [0.4, 0.5) is 0 Å². The number of rotatable bonds is 5. The molecule has 2 aromatic heterocycles. The second-order valence-electron chi connectivity index (χ2n) is 5.32. The average Bonchev–Trinajstić information content (AvgIpc) is 3.07. The number of benzene rings is 1. The van der Waals surface area contributed by atoms with Crippen molar-refractivity contribution in [2.45, 2.75) is 32.4 Å². The van der Waals surface area contributed by atoms with Crippen LogP contribution in [0.1, 0.15) is 24.5 Å². The SMILES string of the molecule is CCC(N)Cc1ccn(Cc2csc3ccccc23)c1. The molecule has 1 unspecified atom stereocenters. The van der Waals surface area contributed by atoms with Crippen LogP contribution >= 0.6 is 11.3 Å². The Bertz CT molecular complexity index is 696. The summed E-state index contributed by atoms with van der Waals surface area (Å²) in [6.07, 6.45) is 6.38. The smallest absolute Gasteiger partial charge is 0.0484 e. The van der Waals surface area contributed by atoms with Crippen LogP contribution in [0.15, 0.2) is 48.1 Å². The van der Waals surface area contributed by atoms with Crippen LogP contribution in [-0.2, 0) is 13.0 Å². The van der Waals surface area contributed by atoms with Gasteiger partial charge in [-0.3, -0.25) is 0 Å². The molecule has 0 aliphatic carbocycles. The van der Waals surface area contributed by atoms with Gasteiger partial charge in [-0.1, -0.05) is 25.1 Å². The van der Waals surface area contributed by atoms with E-state index in [0.29, 0.717) is 0 Å². The number of nitrogens with two attached hydrogens (primary N) is 1. The van der Waals surface area contributed by atoms with Gasteiger partial charge in [0, 0.05) is 29.7 Å². The van der Waals surface area contributed by atoms with E-state index in [1.807, 2.05) is 11.3 Å². The molecule has 0 saturated heterocycles. The van der Waals surface area contributed by atoms with Gasteiger partial charge in [0.25, 0.3) is 0 Å². The maximum atomic E-state index is 6.02. The topological polar surface area (TPSA) is 30.9 Å². The van der Waals surface area contributed by atoms with Crippen molar-refractivity contribution in [3.05, 3.63) is 59.2 Å². The Morgan fingerprint density at radius 3 is 2.95 bits per heavy atom. The molecule has 3 rings (SSSR count). The monoisotopic (exact) mass is 284 g/mol. The molecule has 0 aliphatic heterocycles. The van der Waals surface area contributed by atoms with Crippen LogP contribution in [-0.4, -0.2) is 10.6 Å². The third-order valence-electron chi connectivity index (χ3n) is 3.75. The number of nitrogens with zero attached hydrogens (tertiary/aromatic N) is 1. The van der Waals surface area contributed by atoms with Gasteiger partial charge in [-0.15, -0.1) is 11.3 Å². The first-order chi connectivity index (χ1) is 9.76. The zero-order valence-corrected chi connectivity index (χ0v) is 12.6. The van der Waals surface area contributed by atoms with E-state index in [-0.39, 0.29) is 6.04 Å². The highest BCUT2D eigenvalue weighted by molar-refractivity contribution is 7.17. The van der Waals surface area contributed by atoms with Gasteiger partial charge in [0.2, 0.25) is 0 Å². The first-order valence-electron chi connectivity index (χ1n) is 7.11. The van der Waals surface area contributed by atoms with Crippen LogP contribution in [0.2, 0.25) is 0 Å². The fourth-order valence-electron chi connectivity index (χ4n) is 2.51. The molecule has 0 bridgehead atoms. The van der Waals surface area contributed by atoms with Crippen molar-refractivity contribution >= 4 is 21.4 Å². The summed E-state index contributed by atoms with van der Waals surface area (Å²) in [7, 11) is 0. The molecule has 0 saturated carbocycles.